The molecule has 10 heteroatoms. The molecule has 0 atom stereocenters. The third-order valence-corrected chi connectivity index (χ3v) is 6.80. The topological polar surface area (TPSA) is 97.0 Å². The summed E-state index contributed by atoms with van der Waals surface area (Å²) in [6, 6.07) is 6.38. The van der Waals surface area contributed by atoms with Crippen molar-refractivity contribution in [3.63, 3.8) is 0 Å². The van der Waals surface area contributed by atoms with E-state index in [2.05, 4.69) is 12.2 Å². The third kappa shape index (κ3) is 6.17. The van der Waals surface area contributed by atoms with E-state index in [0.29, 0.717) is 56.3 Å². The molecule has 3 heterocycles. The molecule has 1 N–H and O–H groups in total. The number of anilines is 1. The summed E-state index contributed by atoms with van der Waals surface area (Å²) in [6.45, 7) is 6.63. The maximum Gasteiger partial charge on any atom is 0.409 e. The van der Waals surface area contributed by atoms with E-state index < -0.39 is 17.2 Å². The number of aryl methyl sites for hydroxylation is 1. The van der Waals surface area contributed by atoms with Gasteiger partial charge in [0.2, 0.25) is 5.43 Å². The second kappa shape index (κ2) is 12.6. The molecule has 0 saturated carbocycles. The number of furan rings is 1. The van der Waals surface area contributed by atoms with Crippen LogP contribution in [0.1, 0.15) is 55.6 Å². The Morgan fingerprint density at radius 1 is 1.11 bits per heavy atom. The molecule has 0 radical (unpaired) electrons. The summed E-state index contributed by atoms with van der Waals surface area (Å²) in [4.78, 5) is 41.8. The number of piperazine rings is 1. The van der Waals surface area contributed by atoms with Crippen molar-refractivity contribution in [2.75, 3.05) is 37.7 Å². The summed E-state index contributed by atoms with van der Waals surface area (Å²) in [5, 5.41) is 2.88. The molecule has 0 spiro atoms. The van der Waals surface area contributed by atoms with Crippen molar-refractivity contribution in [2.45, 2.75) is 52.6 Å². The normalized spacial score (nSPS) is 13.7. The fraction of sp³-hybridized carbons (Fsp3) is 0.464. The lowest BCUT2D eigenvalue weighted by molar-refractivity contribution is 0.0945. The molecule has 1 aliphatic rings. The maximum absolute atomic E-state index is 15.4. The molecule has 1 fully saturated rings. The number of halogens is 1. The number of carbonyl (C=O) groups excluding carboxylic acids is 2. The van der Waals surface area contributed by atoms with Crippen LogP contribution in [0.15, 0.2) is 45.9 Å². The van der Waals surface area contributed by atoms with E-state index in [-0.39, 0.29) is 23.6 Å². The number of benzene rings is 1. The molecule has 1 aliphatic heterocycles. The van der Waals surface area contributed by atoms with E-state index in [1.54, 1.807) is 36.2 Å². The van der Waals surface area contributed by atoms with Crippen LogP contribution in [0.5, 0.6) is 0 Å². The number of amides is 2. The first-order valence-electron chi connectivity index (χ1n) is 13.3. The summed E-state index contributed by atoms with van der Waals surface area (Å²) in [7, 11) is 0. The molecule has 2 aromatic heterocycles. The second-order valence-corrected chi connectivity index (χ2v) is 9.38. The molecule has 0 aliphatic carbocycles. The van der Waals surface area contributed by atoms with Gasteiger partial charge in [0.1, 0.15) is 17.1 Å². The number of nitrogens with zero attached hydrogens (tertiary/aromatic N) is 3. The minimum Gasteiger partial charge on any atom is -0.467 e. The molecule has 204 valence electrons. The first-order chi connectivity index (χ1) is 18.4. The summed E-state index contributed by atoms with van der Waals surface area (Å²) >= 11 is 0. The van der Waals surface area contributed by atoms with E-state index in [9.17, 15) is 14.4 Å². The van der Waals surface area contributed by atoms with Crippen molar-refractivity contribution in [1.82, 2.24) is 14.8 Å². The van der Waals surface area contributed by atoms with Crippen LogP contribution < -0.4 is 15.6 Å². The van der Waals surface area contributed by atoms with Crippen molar-refractivity contribution in [3.8, 4) is 0 Å². The Bertz CT molecular complexity index is 1310. The quantitative estimate of drug-likeness (QED) is 0.390. The standard InChI is InChI=1S/C28H35FN4O5/c1-3-5-6-7-10-33-19-22(27(35)30-18-20-9-8-15-38-20)26(34)21-16-23(29)25(17-24(21)33)31-11-13-32(14-12-31)28(36)37-4-2/h8-9,15-17,19H,3-7,10-14,18H2,1-2H3,(H,30,35). The van der Waals surface area contributed by atoms with Crippen LogP contribution in [0.3, 0.4) is 0 Å². The number of rotatable bonds is 10. The average Bonchev–Trinajstić information content (AvgIpc) is 3.45. The van der Waals surface area contributed by atoms with Gasteiger partial charge in [-0.3, -0.25) is 9.59 Å². The molecule has 0 bridgehead atoms. The number of pyridine rings is 1. The van der Waals surface area contributed by atoms with E-state index in [1.807, 2.05) is 9.47 Å². The van der Waals surface area contributed by atoms with Crippen LogP contribution >= 0.6 is 0 Å². The van der Waals surface area contributed by atoms with E-state index in [0.717, 1.165) is 25.7 Å². The fourth-order valence-corrected chi connectivity index (χ4v) is 4.72. The number of aromatic nitrogens is 1. The Hall–Kier alpha value is -3.82. The van der Waals surface area contributed by atoms with Gasteiger partial charge in [-0.15, -0.1) is 0 Å². The van der Waals surface area contributed by atoms with E-state index >= 15 is 4.39 Å². The summed E-state index contributed by atoms with van der Waals surface area (Å²) in [5.74, 6) is -0.502. The molecule has 1 saturated heterocycles. The highest BCUT2D eigenvalue weighted by Crippen LogP contribution is 2.27. The monoisotopic (exact) mass is 526 g/mol. The number of carbonyl (C=O) groups is 2. The Balaban J connectivity index is 1.64. The fourth-order valence-electron chi connectivity index (χ4n) is 4.72. The number of unbranched alkanes of at least 4 members (excludes halogenated alkanes) is 3. The van der Waals surface area contributed by atoms with Crippen molar-refractivity contribution >= 4 is 28.6 Å². The number of ether oxygens (including phenoxy) is 1. The molecule has 0 unspecified atom stereocenters. The molecular formula is C28H35FN4O5. The van der Waals surface area contributed by atoms with Gasteiger partial charge in [-0.25, -0.2) is 9.18 Å². The molecule has 38 heavy (non-hydrogen) atoms. The minimum absolute atomic E-state index is 0.0326. The predicted molar refractivity (Wildman–Crippen MR) is 143 cm³/mol. The summed E-state index contributed by atoms with van der Waals surface area (Å²) in [6.07, 6.45) is 6.76. The number of hydrogen-bond donors (Lipinski definition) is 1. The van der Waals surface area contributed by atoms with Crippen LogP contribution in [0, 0.1) is 5.82 Å². The highest BCUT2D eigenvalue weighted by molar-refractivity contribution is 5.97. The average molecular weight is 527 g/mol. The van der Waals surface area contributed by atoms with Crippen molar-refractivity contribution < 1.29 is 23.1 Å². The van der Waals surface area contributed by atoms with Gasteiger partial charge in [-0.05, 0) is 37.6 Å². The molecule has 9 nitrogen and oxygen atoms in total. The van der Waals surface area contributed by atoms with E-state index in [4.69, 9.17) is 9.15 Å². The van der Waals surface area contributed by atoms with Crippen LogP contribution in [0.2, 0.25) is 0 Å². The molecule has 3 aromatic rings. The first kappa shape index (κ1) is 27.2. The Morgan fingerprint density at radius 2 is 1.89 bits per heavy atom. The van der Waals surface area contributed by atoms with Gasteiger partial charge >= 0.3 is 6.09 Å². The SMILES string of the molecule is CCCCCCn1cc(C(=O)NCc2ccco2)c(=O)c2cc(F)c(N3CCN(C(=O)OCC)CC3)cc21. The lowest BCUT2D eigenvalue weighted by atomic mass is 10.1. The number of fused-ring (bicyclic) bond motifs is 1. The van der Waals surface area contributed by atoms with Crippen LogP contribution in [0.4, 0.5) is 14.9 Å². The van der Waals surface area contributed by atoms with Crippen molar-refractivity contribution in [1.29, 1.82) is 0 Å². The number of nitrogens with one attached hydrogen (secondary N) is 1. The lowest BCUT2D eigenvalue weighted by Crippen LogP contribution is -2.49. The van der Waals surface area contributed by atoms with Gasteiger partial charge in [0.05, 0.1) is 30.6 Å². The molecular weight excluding hydrogens is 491 g/mol. The first-order valence-corrected chi connectivity index (χ1v) is 13.3. The summed E-state index contributed by atoms with van der Waals surface area (Å²) in [5.41, 5.74) is 0.408. The lowest BCUT2D eigenvalue weighted by Gasteiger charge is -2.35. The Morgan fingerprint density at radius 3 is 2.58 bits per heavy atom. The maximum atomic E-state index is 15.4. The highest BCUT2D eigenvalue weighted by atomic mass is 19.1. The zero-order valence-electron chi connectivity index (χ0n) is 22.0. The molecule has 2 amide bonds. The Kier molecular flexibility index (Phi) is 9.04. The van der Waals surface area contributed by atoms with Gasteiger partial charge in [-0.1, -0.05) is 26.2 Å². The van der Waals surface area contributed by atoms with Crippen LogP contribution in [0.25, 0.3) is 10.9 Å². The van der Waals surface area contributed by atoms with Crippen LogP contribution in [-0.4, -0.2) is 54.3 Å². The molecule has 4 rings (SSSR count). The summed E-state index contributed by atoms with van der Waals surface area (Å²) < 4.78 is 27.6. The Labute approximate surface area is 221 Å². The largest absolute Gasteiger partial charge is 0.467 e. The predicted octanol–water partition coefficient (Wildman–Crippen LogP) is 4.52. The third-order valence-electron chi connectivity index (χ3n) is 6.80. The smallest absolute Gasteiger partial charge is 0.409 e. The van der Waals surface area contributed by atoms with Gasteiger partial charge < -0.3 is 28.8 Å². The van der Waals surface area contributed by atoms with Gasteiger partial charge in [0.15, 0.2) is 0 Å². The second-order valence-electron chi connectivity index (χ2n) is 9.38. The highest BCUT2D eigenvalue weighted by Gasteiger charge is 2.25. The van der Waals surface area contributed by atoms with Gasteiger partial charge in [-0.2, -0.15) is 0 Å². The number of hydrogen-bond acceptors (Lipinski definition) is 6. The molecule has 1 aromatic carbocycles. The van der Waals surface area contributed by atoms with Crippen molar-refractivity contribution in [2.24, 2.45) is 0 Å². The van der Waals surface area contributed by atoms with Crippen molar-refractivity contribution in [3.05, 3.63) is 64.1 Å². The van der Waals surface area contributed by atoms with E-state index in [1.165, 1.54) is 12.3 Å². The van der Waals surface area contributed by atoms with Gasteiger partial charge in [0, 0.05) is 44.3 Å². The minimum atomic E-state index is -0.537. The van der Waals surface area contributed by atoms with Gasteiger partial charge in [0.25, 0.3) is 5.91 Å². The zero-order chi connectivity index (χ0) is 27.1. The zero-order valence-corrected chi connectivity index (χ0v) is 22.0. The van der Waals surface area contributed by atoms with Crippen LogP contribution in [-0.2, 0) is 17.8 Å².